The zero-order valence-corrected chi connectivity index (χ0v) is 12.8. The van der Waals surface area contributed by atoms with Crippen LogP contribution in [0.1, 0.15) is 19.4 Å². The molecule has 4 nitrogen and oxygen atoms in total. The quantitative estimate of drug-likeness (QED) is 0.867. The van der Waals surface area contributed by atoms with E-state index in [-0.39, 0.29) is 23.4 Å². The molecule has 1 aromatic carbocycles. The predicted molar refractivity (Wildman–Crippen MR) is 78.8 cm³/mol. The molecule has 3 atom stereocenters. The van der Waals surface area contributed by atoms with Gasteiger partial charge in [-0.05, 0) is 26.0 Å². The number of sulfonamides is 1. The lowest BCUT2D eigenvalue weighted by atomic mass is 10.0. The highest BCUT2D eigenvalue weighted by atomic mass is 32.2. The molecule has 0 saturated carbocycles. The lowest BCUT2D eigenvalue weighted by molar-refractivity contribution is 0.150. The van der Waals surface area contributed by atoms with Crippen LogP contribution in [-0.2, 0) is 10.0 Å². The van der Waals surface area contributed by atoms with Crippen LogP contribution in [0.5, 0.6) is 0 Å². The Balaban J connectivity index is 2.40. The molecule has 2 rings (SSSR count). The van der Waals surface area contributed by atoms with Gasteiger partial charge in [-0.3, -0.25) is 0 Å². The first-order chi connectivity index (χ1) is 9.37. The summed E-state index contributed by atoms with van der Waals surface area (Å²) in [5.74, 6) is -0.105. The van der Waals surface area contributed by atoms with E-state index in [2.05, 4.69) is 0 Å². The molecule has 1 aliphatic heterocycles. The summed E-state index contributed by atoms with van der Waals surface area (Å²) in [4.78, 5) is 0.277. The molecule has 0 unspecified atom stereocenters. The van der Waals surface area contributed by atoms with Crippen molar-refractivity contribution in [3.05, 3.63) is 42.0 Å². The van der Waals surface area contributed by atoms with Gasteiger partial charge in [-0.25, -0.2) is 8.42 Å². The number of aliphatic hydroxyl groups is 1. The van der Waals surface area contributed by atoms with Gasteiger partial charge in [0.1, 0.15) is 0 Å². The van der Waals surface area contributed by atoms with E-state index in [9.17, 15) is 13.5 Å². The van der Waals surface area contributed by atoms with Gasteiger partial charge in [-0.15, -0.1) is 0 Å². The maximum absolute atomic E-state index is 12.7. The molecule has 0 amide bonds. The Morgan fingerprint density at radius 3 is 2.45 bits per heavy atom. The van der Waals surface area contributed by atoms with E-state index in [1.165, 1.54) is 4.31 Å². The van der Waals surface area contributed by atoms with E-state index < -0.39 is 16.1 Å². The second-order valence-corrected chi connectivity index (χ2v) is 7.22. The van der Waals surface area contributed by atoms with E-state index in [1.54, 1.807) is 24.3 Å². The smallest absolute Gasteiger partial charge is 0.243 e. The van der Waals surface area contributed by atoms with Crippen molar-refractivity contribution < 1.29 is 13.5 Å². The van der Waals surface area contributed by atoms with Gasteiger partial charge in [0.05, 0.1) is 11.0 Å². The first-order valence-corrected chi connectivity index (χ1v) is 8.21. The topological polar surface area (TPSA) is 57.6 Å². The summed E-state index contributed by atoms with van der Waals surface area (Å²) in [6.07, 6.45) is 3.04. The molecule has 110 valence electrons. The van der Waals surface area contributed by atoms with E-state index in [0.29, 0.717) is 0 Å². The van der Waals surface area contributed by atoms with E-state index in [4.69, 9.17) is 0 Å². The molecule has 1 aliphatic rings. The van der Waals surface area contributed by atoms with Gasteiger partial charge in [-0.2, -0.15) is 4.31 Å². The standard InChI is InChI=1S/C15H21NO3S/c1-4-5-14-12(3)15(17)10-16(14)20(18,19)13-8-6-11(2)7-9-13/h4-9,12,14-15,17H,10H2,1-3H3/b5-4+/t12-,14-,15-/m0/s1. The minimum absolute atomic E-state index is 0.105. The van der Waals surface area contributed by atoms with E-state index >= 15 is 0 Å². The summed E-state index contributed by atoms with van der Waals surface area (Å²) in [7, 11) is -3.57. The Morgan fingerprint density at radius 1 is 1.30 bits per heavy atom. The summed E-state index contributed by atoms with van der Waals surface area (Å²) in [5, 5.41) is 9.98. The molecule has 0 aromatic heterocycles. The zero-order valence-electron chi connectivity index (χ0n) is 12.0. The van der Waals surface area contributed by atoms with Crippen molar-refractivity contribution in [2.45, 2.75) is 37.8 Å². The average molecular weight is 295 g/mol. The summed E-state index contributed by atoms with van der Waals surface area (Å²) in [6, 6.07) is 6.52. The van der Waals surface area contributed by atoms with Crippen molar-refractivity contribution in [3.8, 4) is 0 Å². The third-order valence-corrected chi connectivity index (χ3v) is 5.74. The van der Waals surface area contributed by atoms with Crippen LogP contribution in [0.25, 0.3) is 0 Å². The van der Waals surface area contributed by atoms with Crippen LogP contribution in [0.2, 0.25) is 0 Å². The molecule has 0 aliphatic carbocycles. The first-order valence-electron chi connectivity index (χ1n) is 6.77. The SMILES string of the molecule is C/C=C/[C@H]1[C@H](C)[C@@H](O)CN1S(=O)(=O)c1ccc(C)cc1. The second kappa shape index (κ2) is 5.68. The fraction of sp³-hybridized carbons (Fsp3) is 0.467. The summed E-state index contributed by atoms with van der Waals surface area (Å²) >= 11 is 0. The lowest BCUT2D eigenvalue weighted by Crippen LogP contribution is -2.36. The third kappa shape index (κ3) is 2.66. The fourth-order valence-corrected chi connectivity index (χ4v) is 4.22. The number of rotatable bonds is 3. The van der Waals surface area contributed by atoms with Gasteiger partial charge < -0.3 is 5.11 Å². The van der Waals surface area contributed by atoms with Gasteiger partial charge in [0, 0.05) is 18.5 Å². The Labute approximate surface area is 120 Å². The first kappa shape index (κ1) is 15.2. The van der Waals surface area contributed by atoms with Gasteiger partial charge in [0.15, 0.2) is 0 Å². The monoisotopic (exact) mass is 295 g/mol. The summed E-state index contributed by atoms with van der Waals surface area (Å²) < 4.78 is 26.8. The predicted octanol–water partition coefficient (Wildman–Crippen LogP) is 1.94. The Bertz CT molecular complexity index is 592. The molecule has 0 bridgehead atoms. The minimum Gasteiger partial charge on any atom is -0.391 e. The molecule has 0 radical (unpaired) electrons. The number of hydrogen-bond acceptors (Lipinski definition) is 3. The molecular formula is C15H21NO3S. The van der Waals surface area contributed by atoms with Crippen molar-refractivity contribution in [1.82, 2.24) is 4.31 Å². The molecule has 1 heterocycles. The van der Waals surface area contributed by atoms with Gasteiger partial charge >= 0.3 is 0 Å². The van der Waals surface area contributed by atoms with Crippen LogP contribution < -0.4 is 0 Å². The molecule has 5 heteroatoms. The van der Waals surface area contributed by atoms with Crippen LogP contribution in [-0.4, -0.2) is 36.5 Å². The van der Waals surface area contributed by atoms with E-state index in [0.717, 1.165) is 5.56 Å². The minimum atomic E-state index is -3.57. The van der Waals surface area contributed by atoms with Crippen molar-refractivity contribution in [1.29, 1.82) is 0 Å². The van der Waals surface area contributed by atoms with E-state index in [1.807, 2.05) is 32.9 Å². The fourth-order valence-electron chi connectivity index (χ4n) is 2.53. The molecular weight excluding hydrogens is 274 g/mol. The number of nitrogens with zero attached hydrogens (tertiary/aromatic N) is 1. The number of hydrogen-bond donors (Lipinski definition) is 1. The number of allylic oxidation sites excluding steroid dienone is 1. The van der Waals surface area contributed by atoms with Crippen molar-refractivity contribution in [2.75, 3.05) is 6.54 Å². The van der Waals surface area contributed by atoms with Gasteiger partial charge in [0.2, 0.25) is 10.0 Å². The average Bonchev–Trinajstić information content (AvgIpc) is 2.69. The molecule has 1 aromatic rings. The Kier molecular flexibility index (Phi) is 4.32. The highest BCUT2D eigenvalue weighted by Crippen LogP contribution is 2.31. The summed E-state index contributed by atoms with van der Waals surface area (Å²) in [6.45, 7) is 5.79. The van der Waals surface area contributed by atoms with Crippen LogP contribution in [0.3, 0.4) is 0 Å². The third-order valence-electron chi connectivity index (χ3n) is 3.86. The molecule has 0 spiro atoms. The Hall–Kier alpha value is -1.17. The largest absolute Gasteiger partial charge is 0.391 e. The molecule has 1 N–H and O–H groups in total. The van der Waals surface area contributed by atoms with Gasteiger partial charge in [-0.1, -0.05) is 36.8 Å². The molecule has 20 heavy (non-hydrogen) atoms. The van der Waals surface area contributed by atoms with Crippen LogP contribution in [0.15, 0.2) is 41.3 Å². The maximum atomic E-state index is 12.7. The van der Waals surface area contributed by atoms with Crippen LogP contribution >= 0.6 is 0 Å². The highest BCUT2D eigenvalue weighted by molar-refractivity contribution is 7.89. The maximum Gasteiger partial charge on any atom is 0.243 e. The number of aryl methyl sites for hydroxylation is 1. The number of β-amino-alcohol motifs (C(OH)–C–C–N with tert-alkyl or cyclic N) is 1. The zero-order chi connectivity index (χ0) is 14.9. The van der Waals surface area contributed by atoms with Crippen molar-refractivity contribution >= 4 is 10.0 Å². The lowest BCUT2D eigenvalue weighted by Gasteiger charge is -2.23. The second-order valence-electron chi connectivity index (χ2n) is 5.33. The highest BCUT2D eigenvalue weighted by Gasteiger charge is 2.43. The number of benzene rings is 1. The van der Waals surface area contributed by atoms with Crippen LogP contribution in [0.4, 0.5) is 0 Å². The summed E-state index contributed by atoms with van der Waals surface area (Å²) in [5.41, 5.74) is 1.02. The Morgan fingerprint density at radius 2 is 1.90 bits per heavy atom. The van der Waals surface area contributed by atoms with Gasteiger partial charge in [0.25, 0.3) is 0 Å². The van der Waals surface area contributed by atoms with Crippen molar-refractivity contribution in [2.24, 2.45) is 5.92 Å². The normalized spacial score (nSPS) is 28.3. The molecule has 1 saturated heterocycles. The van der Waals surface area contributed by atoms with Crippen LogP contribution in [0, 0.1) is 12.8 Å². The number of aliphatic hydroxyl groups excluding tert-OH is 1. The van der Waals surface area contributed by atoms with Crippen molar-refractivity contribution in [3.63, 3.8) is 0 Å². The molecule has 1 fully saturated rings.